The molecule has 2 heterocycles. The maximum Gasteiger partial charge on any atom is 0.329 e. The number of nitrogens with zero attached hydrogens (tertiary/aromatic N) is 2. The molecule has 0 unspecified atom stereocenters. The van der Waals surface area contributed by atoms with Gasteiger partial charge in [-0.25, -0.2) is 4.79 Å². The standard InChI is InChI=1S/C46H58ClN3O6/c1-29(28-55-40-14-20-48-39-9-4-6-30(2)43(39)40)22-32-23-31-24-41-42(56-37(15-21-54-41)27-50(3)35-10-12-36(51)13-11-35)26-38(31)45(32)16-18-46(19-17-45,44(52)53)49-34-8-5-7-33(47)25-34/h5,7-8,14,20,24-26,29-30,32,35,37,49H,4,6,9-13,15-19,21-23,27-28H2,1-3H3,(H,52,53)/t29-,30-,32+,37-,45?,46?/m1/s1. The number of rotatable bonds is 11. The average molecular weight is 784 g/mol. The second kappa shape index (κ2) is 16.2. The Morgan fingerprint density at radius 1 is 1.07 bits per heavy atom. The lowest BCUT2D eigenvalue weighted by atomic mass is 9.59. The van der Waals surface area contributed by atoms with E-state index in [9.17, 15) is 14.7 Å². The van der Waals surface area contributed by atoms with Crippen LogP contribution in [-0.4, -0.2) is 71.2 Å². The number of fused-ring (bicyclic) bond motifs is 4. The van der Waals surface area contributed by atoms with Gasteiger partial charge >= 0.3 is 5.97 Å². The van der Waals surface area contributed by atoms with Gasteiger partial charge in [-0.3, -0.25) is 14.7 Å². The topological polar surface area (TPSA) is 110 Å². The van der Waals surface area contributed by atoms with Crippen molar-refractivity contribution in [2.45, 2.75) is 133 Å². The highest BCUT2D eigenvalue weighted by atomic mass is 35.5. The zero-order valence-electron chi connectivity index (χ0n) is 33.3. The van der Waals surface area contributed by atoms with Gasteiger partial charge in [0, 0.05) is 60.0 Å². The second-order valence-corrected chi connectivity index (χ2v) is 18.2. The number of anilines is 1. The van der Waals surface area contributed by atoms with E-state index >= 15 is 0 Å². The number of hydrogen-bond acceptors (Lipinski definition) is 8. The number of likely N-dealkylation sites (N-methyl/N-ethyl adjacent to an activating group) is 1. The van der Waals surface area contributed by atoms with Crippen molar-refractivity contribution in [3.63, 3.8) is 0 Å². The average Bonchev–Trinajstić information content (AvgIpc) is 3.30. The minimum absolute atomic E-state index is 0.0307. The number of carboxylic acid groups (broad SMARTS) is 1. The van der Waals surface area contributed by atoms with E-state index < -0.39 is 11.5 Å². The van der Waals surface area contributed by atoms with Crippen LogP contribution < -0.4 is 19.5 Å². The molecule has 1 aliphatic heterocycles. The van der Waals surface area contributed by atoms with Gasteiger partial charge < -0.3 is 24.6 Å². The molecule has 56 heavy (non-hydrogen) atoms. The Kier molecular flexibility index (Phi) is 11.3. The van der Waals surface area contributed by atoms with Gasteiger partial charge in [0.2, 0.25) is 0 Å². The van der Waals surface area contributed by atoms with Crippen LogP contribution in [0, 0.1) is 11.8 Å². The van der Waals surface area contributed by atoms with Gasteiger partial charge in [0.1, 0.15) is 23.2 Å². The van der Waals surface area contributed by atoms with Crippen molar-refractivity contribution in [1.29, 1.82) is 0 Å². The molecule has 0 bridgehead atoms. The smallest absolute Gasteiger partial charge is 0.329 e. The summed E-state index contributed by atoms with van der Waals surface area (Å²) in [5.74, 6) is 3.15. The molecule has 3 aromatic rings. The number of halogens is 1. The fourth-order valence-electron chi connectivity index (χ4n) is 10.8. The lowest BCUT2D eigenvalue weighted by Crippen LogP contribution is -2.53. The van der Waals surface area contributed by atoms with E-state index in [2.05, 4.69) is 48.2 Å². The first-order chi connectivity index (χ1) is 27.0. The van der Waals surface area contributed by atoms with Crippen molar-refractivity contribution in [3.8, 4) is 17.2 Å². The summed E-state index contributed by atoms with van der Waals surface area (Å²) in [6.07, 6.45) is 13.4. The van der Waals surface area contributed by atoms with Crippen molar-refractivity contribution in [2.75, 3.05) is 32.1 Å². The van der Waals surface area contributed by atoms with Crippen molar-refractivity contribution in [1.82, 2.24) is 9.88 Å². The van der Waals surface area contributed by atoms with E-state index in [1.807, 2.05) is 24.4 Å². The molecule has 2 N–H and O–H groups in total. The number of aliphatic carboxylic acids is 1. The van der Waals surface area contributed by atoms with Crippen LogP contribution >= 0.6 is 11.6 Å². The third kappa shape index (κ3) is 7.87. The SMILES string of the molecule is C[C@@H](COc1ccnc2c1[C@H](C)CCC2)C[C@H]1Cc2cc3c(cc2C12CCC(Nc1cccc(Cl)c1)(C(=O)O)CC2)O[C@@H](CN(C)C1CCC(=O)CC1)CCO3. The molecular formula is C46H58ClN3O6. The summed E-state index contributed by atoms with van der Waals surface area (Å²) in [6.45, 7) is 6.56. The Balaban J connectivity index is 1.05. The van der Waals surface area contributed by atoms with E-state index in [0.717, 1.165) is 87.3 Å². The third-order valence-corrected chi connectivity index (χ3v) is 14.2. The predicted octanol–water partition coefficient (Wildman–Crippen LogP) is 9.17. The molecule has 0 amide bonds. The Bertz CT molecular complexity index is 1920. The van der Waals surface area contributed by atoms with Crippen LogP contribution in [0.15, 0.2) is 48.7 Å². The van der Waals surface area contributed by atoms with Gasteiger partial charge in [-0.2, -0.15) is 0 Å². The van der Waals surface area contributed by atoms with Crippen LogP contribution in [0.25, 0.3) is 0 Å². The zero-order chi connectivity index (χ0) is 39.0. The monoisotopic (exact) mass is 783 g/mol. The fraction of sp³-hybridized carbons (Fsp3) is 0.587. The number of carboxylic acids is 1. The number of carbonyl (C=O) groups is 2. The van der Waals surface area contributed by atoms with Crippen LogP contribution in [0.5, 0.6) is 17.2 Å². The first-order valence-corrected chi connectivity index (χ1v) is 21.5. The molecule has 1 aromatic heterocycles. The lowest BCUT2D eigenvalue weighted by molar-refractivity contribution is -0.144. The molecule has 0 saturated heterocycles. The molecule has 4 atom stereocenters. The highest BCUT2D eigenvalue weighted by Crippen LogP contribution is 2.58. The molecule has 0 radical (unpaired) electrons. The minimum atomic E-state index is -1.10. The van der Waals surface area contributed by atoms with Gasteiger partial charge in [-0.1, -0.05) is 31.5 Å². The summed E-state index contributed by atoms with van der Waals surface area (Å²) in [4.78, 5) is 32.1. The molecule has 2 saturated carbocycles. The van der Waals surface area contributed by atoms with E-state index in [-0.39, 0.29) is 17.4 Å². The molecule has 300 valence electrons. The fourth-order valence-corrected chi connectivity index (χ4v) is 11.0. The first kappa shape index (κ1) is 39.0. The summed E-state index contributed by atoms with van der Waals surface area (Å²) < 4.78 is 19.9. The second-order valence-electron chi connectivity index (χ2n) is 17.7. The number of aromatic nitrogens is 1. The lowest BCUT2D eigenvalue weighted by Gasteiger charge is -2.47. The minimum Gasteiger partial charge on any atom is -0.493 e. The van der Waals surface area contributed by atoms with E-state index in [4.69, 9.17) is 25.8 Å². The molecule has 10 heteroatoms. The maximum absolute atomic E-state index is 13.1. The summed E-state index contributed by atoms with van der Waals surface area (Å²) in [6, 6.07) is 14.3. The molecule has 8 rings (SSSR count). The number of carbonyl (C=O) groups excluding carboxylic acids is 1. The van der Waals surface area contributed by atoms with Gasteiger partial charge in [-0.05, 0) is 148 Å². The van der Waals surface area contributed by atoms with Crippen molar-refractivity contribution in [3.05, 3.63) is 76.1 Å². The summed E-state index contributed by atoms with van der Waals surface area (Å²) in [5, 5.41) is 14.8. The predicted molar refractivity (Wildman–Crippen MR) is 219 cm³/mol. The quantitative estimate of drug-likeness (QED) is 0.197. The van der Waals surface area contributed by atoms with E-state index in [1.165, 1.54) is 28.8 Å². The van der Waals surface area contributed by atoms with Crippen LogP contribution in [0.3, 0.4) is 0 Å². The molecule has 2 fully saturated rings. The summed E-state index contributed by atoms with van der Waals surface area (Å²) >= 11 is 6.33. The molecular weight excluding hydrogens is 726 g/mol. The number of nitrogens with one attached hydrogen (secondary N) is 1. The van der Waals surface area contributed by atoms with E-state index in [0.29, 0.717) is 67.6 Å². The van der Waals surface area contributed by atoms with Crippen molar-refractivity contribution >= 4 is 29.0 Å². The van der Waals surface area contributed by atoms with Crippen molar-refractivity contribution < 1.29 is 28.9 Å². The number of pyridine rings is 1. The van der Waals surface area contributed by atoms with Crippen LogP contribution in [0.4, 0.5) is 5.69 Å². The summed E-state index contributed by atoms with van der Waals surface area (Å²) in [7, 11) is 2.15. The maximum atomic E-state index is 13.1. The Morgan fingerprint density at radius 2 is 1.88 bits per heavy atom. The van der Waals surface area contributed by atoms with Crippen molar-refractivity contribution in [2.24, 2.45) is 11.8 Å². The largest absolute Gasteiger partial charge is 0.493 e. The third-order valence-electron chi connectivity index (χ3n) is 14.0. The molecule has 4 aliphatic carbocycles. The number of aryl methyl sites for hydroxylation is 1. The van der Waals surface area contributed by atoms with Crippen LogP contribution in [-0.2, 0) is 27.8 Å². The highest BCUT2D eigenvalue weighted by molar-refractivity contribution is 6.30. The van der Waals surface area contributed by atoms with Gasteiger partial charge in [0.15, 0.2) is 11.5 Å². The van der Waals surface area contributed by atoms with Gasteiger partial charge in [0.25, 0.3) is 0 Å². The molecule has 1 spiro atoms. The molecule has 5 aliphatic rings. The Morgan fingerprint density at radius 3 is 2.64 bits per heavy atom. The number of benzene rings is 2. The number of Topliss-reactive ketones (excluding diaryl/α,β-unsaturated/α-hetero) is 1. The van der Waals surface area contributed by atoms with Crippen LogP contribution in [0.2, 0.25) is 5.02 Å². The Labute approximate surface area is 336 Å². The zero-order valence-corrected chi connectivity index (χ0v) is 34.0. The number of ketones is 1. The molecule has 2 aromatic carbocycles. The van der Waals surface area contributed by atoms with Crippen LogP contribution in [0.1, 0.15) is 119 Å². The highest BCUT2D eigenvalue weighted by Gasteiger charge is 2.54. The van der Waals surface area contributed by atoms with E-state index in [1.54, 1.807) is 12.1 Å². The number of hydrogen-bond donors (Lipinski definition) is 2. The summed E-state index contributed by atoms with van der Waals surface area (Å²) in [5.41, 5.74) is 4.45. The number of ether oxygens (including phenoxy) is 3. The van der Waals surface area contributed by atoms with Gasteiger partial charge in [0.05, 0.1) is 13.2 Å². The molecule has 9 nitrogen and oxygen atoms in total. The normalized spacial score (nSPS) is 28.0. The van der Waals surface area contributed by atoms with Gasteiger partial charge in [-0.15, -0.1) is 0 Å². The first-order valence-electron chi connectivity index (χ1n) is 21.1. The Hall–Kier alpha value is -3.82.